The Bertz CT molecular complexity index is 565. The first kappa shape index (κ1) is 13.5. The van der Waals surface area contributed by atoms with Gasteiger partial charge in [-0.2, -0.15) is 0 Å². The van der Waals surface area contributed by atoms with Crippen LogP contribution in [0.4, 0.5) is 4.39 Å². The Morgan fingerprint density at radius 1 is 1.30 bits per heavy atom. The van der Waals surface area contributed by atoms with E-state index in [1.807, 2.05) is 6.08 Å². The lowest BCUT2D eigenvalue weighted by Crippen LogP contribution is -2.43. The molecule has 0 radical (unpaired) electrons. The Kier molecular flexibility index (Phi) is 3.68. The molecule has 0 bridgehead atoms. The smallest absolute Gasteiger partial charge is 0.129 e. The summed E-state index contributed by atoms with van der Waals surface area (Å²) in [6.45, 7) is 2.86. The molecule has 0 unspecified atom stereocenters. The number of hydrogen-bond acceptors (Lipinski definition) is 3. The number of aliphatic hydroxyl groups is 1. The van der Waals surface area contributed by atoms with Gasteiger partial charge in [-0.3, -0.25) is 4.90 Å². The van der Waals surface area contributed by atoms with E-state index in [9.17, 15) is 9.50 Å². The van der Waals surface area contributed by atoms with Gasteiger partial charge in [-0.05, 0) is 12.1 Å². The lowest BCUT2D eigenvalue weighted by atomic mass is 10.1. The van der Waals surface area contributed by atoms with Crippen LogP contribution in [0.2, 0.25) is 5.02 Å². The minimum atomic E-state index is -0.255. The van der Waals surface area contributed by atoms with Gasteiger partial charge < -0.3 is 10.0 Å². The van der Waals surface area contributed by atoms with Crippen LogP contribution >= 0.6 is 11.6 Å². The number of benzene rings is 1. The second-order valence-corrected chi connectivity index (χ2v) is 5.53. The Balaban J connectivity index is 1.72. The standard InChI is InChI=1S/C15H16ClFN2O/c16-14-2-1-3-15(17)13(14)10-18-6-7-19-9-12(20)5-4-11(19)8-18/h1-4,9,20H,5-8,10H2. The van der Waals surface area contributed by atoms with Gasteiger partial charge in [0.1, 0.15) is 11.6 Å². The summed E-state index contributed by atoms with van der Waals surface area (Å²) in [5.41, 5.74) is 1.71. The lowest BCUT2D eigenvalue weighted by molar-refractivity contribution is 0.191. The van der Waals surface area contributed by atoms with Crippen LogP contribution in [0.3, 0.4) is 0 Å². The molecule has 2 aliphatic heterocycles. The Labute approximate surface area is 122 Å². The van der Waals surface area contributed by atoms with E-state index in [1.54, 1.807) is 18.3 Å². The van der Waals surface area contributed by atoms with Crippen molar-refractivity contribution >= 4 is 11.6 Å². The Morgan fingerprint density at radius 2 is 2.15 bits per heavy atom. The predicted octanol–water partition coefficient (Wildman–Crippen LogP) is 3.28. The zero-order chi connectivity index (χ0) is 14.1. The van der Waals surface area contributed by atoms with E-state index in [1.165, 1.54) is 6.07 Å². The molecular weight excluding hydrogens is 279 g/mol. The highest BCUT2D eigenvalue weighted by atomic mass is 35.5. The molecule has 5 heteroatoms. The highest BCUT2D eigenvalue weighted by Gasteiger charge is 2.23. The van der Waals surface area contributed by atoms with Crippen molar-refractivity contribution in [3.8, 4) is 0 Å². The summed E-state index contributed by atoms with van der Waals surface area (Å²) < 4.78 is 13.8. The van der Waals surface area contributed by atoms with E-state index in [0.29, 0.717) is 29.3 Å². The third-order valence-electron chi connectivity index (χ3n) is 3.71. The quantitative estimate of drug-likeness (QED) is 0.907. The SMILES string of the molecule is OC1=CN2CCN(Cc3c(F)cccc3Cl)CC2=CC1. The van der Waals surface area contributed by atoms with Crippen molar-refractivity contribution in [2.45, 2.75) is 13.0 Å². The monoisotopic (exact) mass is 294 g/mol. The van der Waals surface area contributed by atoms with E-state index in [4.69, 9.17) is 11.6 Å². The zero-order valence-corrected chi connectivity index (χ0v) is 11.8. The van der Waals surface area contributed by atoms with Crippen LogP contribution in [0.1, 0.15) is 12.0 Å². The van der Waals surface area contributed by atoms with Crippen LogP contribution in [0.25, 0.3) is 0 Å². The highest BCUT2D eigenvalue weighted by molar-refractivity contribution is 6.31. The summed E-state index contributed by atoms with van der Waals surface area (Å²) in [5.74, 6) is 0.134. The van der Waals surface area contributed by atoms with Crippen molar-refractivity contribution in [1.82, 2.24) is 9.80 Å². The van der Waals surface area contributed by atoms with E-state index in [2.05, 4.69) is 9.80 Å². The van der Waals surface area contributed by atoms with Crippen molar-refractivity contribution in [3.05, 3.63) is 58.3 Å². The van der Waals surface area contributed by atoms with Crippen LogP contribution in [0.5, 0.6) is 0 Å². The molecule has 0 atom stereocenters. The molecule has 20 heavy (non-hydrogen) atoms. The first-order valence-corrected chi connectivity index (χ1v) is 7.02. The fraction of sp³-hybridized carbons (Fsp3) is 0.333. The van der Waals surface area contributed by atoms with Gasteiger partial charge in [0.15, 0.2) is 0 Å². The lowest BCUT2D eigenvalue weighted by Gasteiger charge is -2.38. The maximum absolute atomic E-state index is 13.8. The molecule has 0 aromatic heterocycles. The van der Waals surface area contributed by atoms with Crippen molar-refractivity contribution in [2.75, 3.05) is 19.6 Å². The number of fused-ring (bicyclic) bond motifs is 1. The molecule has 1 N–H and O–H groups in total. The molecule has 0 amide bonds. The fourth-order valence-corrected chi connectivity index (χ4v) is 2.84. The van der Waals surface area contributed by atoms with Gasteiger partial charge in [-0.15, -0.1) is 0 Å². The van der Waals surface area contributed by atoms with E-state index in [-0.39, 0.29) is 5.82 Å². The van der Waals surface area contributed by atoms with Crippen LogP contribution in [-0.2, 0) is 6.54 Å². The molecular formula is C15H16ClFN2O. The number of allylic oxidation sites excluding steroid dienone is 1. The van der Waals surface area contributed by atoms with Crippen LogP contribution in [-0.4, -0.2) is 34.5 Å². The van der Waals surface area contributed by atoms with E-state index >= 15 is 0 Å². The molecule has 0 aliphatic carbocycles. The maximum atomic E-state index is 13.8. The first-order chi connectivity index (χ1) is 9.63. The summed E-state index contributed by atoms with van der Waals surface area (Å²) in [4.78, 5) is 4.22. The molecule has 3 rings (SSSR count). The summed E-state index contributed by atoms with van der Waals surface area (Å²) >= 11 is 6.07. The van der Waals surface area contributed by atoms with Gasteiger partial charge in [0.25, 0.3) is 0 Å². The summed E-state index contributed by atoms with van der Waals surface area (Å²) in [6.07, 6.45) is 4.37. The largest absolute Gasteiger partial charge is 0.510 e. The number of hydrogen-bond donors (Lipinski definition) is 1. The molecule has 3 nitrogen and oxygen atoms in total. The molecule has 0 spiro atoms. The van der Waals surface area contributed by atoms with Crippen molar-refractivity contribution < 1.29 is 9.50 Å². The van der Waals surface area contributed by atoms with Crippen molar-refractivity contribution in [1.29, 1.82) is 0 Å². The van der Waals surface area contributed by atoms with Gasteiger partial charge in [0.05, 0.1) is 0 Å². The van der Waals surface area contributed by atoms with Crippen LogP contribution < -0.4 is 0 Å². The molecule has 2 aliphatic rings. The predicted molar refractivity (Wildman–Crippen MR) is 76.8 cm³/mol. The van der Waals surface area contributed by atoms with Gasteiger partial charge in [0, 0.05) is 55.1 Å². The van der Waals surface area contributed by atoms with Gasteiger partial charge in [-0.1, -0.05) is 23.7 Å². The topological polar surface area (TPSA) is 26.7 Å². The Morgan fingerprint density at radius 3 is 2.95 bits per heavy atom. The molecule has 0 saturated carbocycles. The highest BCUT2D eigenvalue weighted by Crippen LogP contribution is 2.25. The second-order valence-electron chi connectivity index (χ2n) is 5.12. The van der Waals surface area contributed by atoms with E-state index < -0.39 is 0 Å². The number of piperazine rings is 1. The fourth-order valence-electron chi connectivity index (χ4n) is 2.62. The second kappa shape index (κ2) is 5.46. The number of rotatable bonds is 2. The Hall–Kier alpha value is -1.52. The molecule has 1 fully saturated rings. The summed E-state index contributed by atoms with van der Waals surface area (Å²) in [6, 6.07) is 4.78. The van der Waals surface area contributed by atoms with Crippen molar-refractivity contribution in [3.63, 3.8) is 0 Å². The number of nitrogens with zero attached hydrogens (tertiary/aromatic N) is 2. The normalized spacial score (nSPS) is 19.4. The number of halogens is 2. The average Bonchev–Trinajstić information content (AvgIpc) is 2.43. The summed E-state index contributed by atoms with van der Waals surface area (Å²) in [5, 5.41) is 9.99. The summed E-state index contributed by atoms with van der Waals surface area (Å²) in [7, 11) is 0. The third-order valence-corrected chi connectivity index (χ3v) is 4.06. The average molecular weight is 295 g/mol. The van der Waals surface area contributed by atoms with E-state index in [0.717, 1.165) is 25.3 Å². The van der Waals surface area contributed by atoms with Crippen LogP contribution in [0, 0.1) is 5.82 Å². The van der Waals surface area contributed by atoms with Gasteiger partial charge in [0.2, 0.25) is 0 Å². The van der Waals surface area contributed by atoms with Crippen LogP contribution in [0.15, 0.2) is 41.9 Å². The first-order valence-electron chi connectivity index (χ1n) is 6.64. The number of aliphatic hydroxyl groups excluding tert-OH is 1. The zero-order valence-electron chi connectivity index (χ0n) is 11.0. The minimum absolute atomic E-state index is 0.255. The van der Waals surface area contributed by atoms with Crippen molar-refractivity contribution in [2.24, 2.45) is 0 Å². The third kappa shape index (κ3) is 2.67. The van der Waals surface area contributed by atoms with Gasteiger partial charge >= 0.3 is 0 Å². The molecule has 1 saturated heterocycles. The molecule has 106 valence electrons. The molecule has 2 heterocycles. The van der Waals surface area contributed by atoms with Gasteiger partial charge in [-0.25, -0.2) is 4.39 Å². The minimum Gasteiger partial charge on any atom is -0.510 e. The maximum Gasteiger partial charge on any atom is 0.129 e. The molecule has 1 aromatic rings. The molecule has 1 aromatic carbocycles.